The molecule has 1 atom stereocenters. The number of aromatic nitrogens is 1. The van der Waals surface area contributed by atoms with Gasteiger partial charge in [0.1, 0.15) is 6.17 Å². The van der Waals surface area contributed by atoms with E-state index >= 15 is 0 Å². The van der Waals surface area contributed by atoms with Gasteiger partial charge in [-0.1, -0.05) is 48.5 Å². The monoisotopic (exact) mass is 273 g/mol. The molecular formula is C18H15N3. The number of rotatable bonds is 1. The first-order valence-electron chi connectivity index (χ1n) is 7.00. The number of aliphatic imine (C=N–C) groups is 1. The number of benzene rings is 2. The predicted octanol–water partition coefficient (Wildman–Crippen LogP) is 3.29. The maximum absolute atomic E-state index is 6.29. The van der Waals surface area contributed by atoms with Crippen molar-refractivity contribution in [2.45, 2.75) is 6.17 Å². The molecule has 0 bridgehead atoms. The van der Waals surface area contributed by atoms with Crippen LogP contribution in [0.4, 0.5) is 0 Å². The summed E-state index contributed by atoms with van der Waals surface area (Å²) >= 11 is 0. The first kappa shape index (κ1) is 12.1. The van der Waals surface area contributed by atoms with Crippen LogP contribution in [-0.4, -0.2) is 10.3 Å². The van der Waals surface area contributed by atoms with Crippen molar-refractivity contribution < 1.29 is 0 Å². The number of hydrogen-bond donors (Lipinski definition) is 1. The first-order chi connectivity index (χ1) is 10.3. The van der Waals surface area contributed by atoms with E-state index in [1.807, 2.05) is 48.7 Å². The number of nitrogens with zero attached hydrogens (tertiary/aromatic N) is 2. The van der Waals surface area contributed by atoms with Gasteiger partial charge in [0.25, 0.3) is 0 Å². The van der Waals surface area contributed by atoms with Crippen molar-refractivity contribution in [3.8, 4) is 5.69 Å². The standard InChI is InChI=1S/C18H15N3/c19-18-16-11-6-12-21(16)15-10-5-4-9-14(15)17(20-18)13-7-2-1-3-8-13/h1-12,18H,19H2. The summed E-state index contributed by atoms with van der Waals surface area (Å²) in [6.07, 6.45) is 1.68. The highest BCUT2D eigenvalue weighted by Gasteiger charge is 2.21. The molecule has 102 valence electrons. The first-order valence-corrected chi connectivity index (χ1v) is 7.00. The lowest BCUT2D eigenvalue weighted by molar-refractivity contribution is 0.728. The molecule has 0 saturated heterocycles. The molecule has 3 heteroatoms. The fourth-order valence-corrected chi connectivity index (χ4v) is 2.84. The van der Waals surface area contributed by atoms with Crippen molar-refractivity contribution in [1.82, 2.24) is 4.57 Å². The van der Waals surface area contributed by atoms with Crippen LogP contribution in [0.25, 0.3) is 5.69 Å². The van der Waals surface area contributed by atoms with E-state index in [0.29, 0.717) is 0 Å². The van der Waals surface area contributed by atoms with Crippen LogP contribution in [0.2, 0.25) is 0 Å². The Balaban J connectivity index is 2.02. The average molecular weight is 273 g/mol. The number of nitrogens with two attached hydrogens (primary N) is 1. The van der Waals surface area contributed by atoms with Crippen LogP contribution in [0.15, 0.2) is 77.9 Å². The molecular weight excluding hydrogens is 258 g/mol. The minimum Gasteiger partial charge on any atom is -0.317 e. The zero-order valence-corrected chi connectivity index (χ0v) is 11.5. The number of fused-ring (bicyclic) bond motifs is 3. The highest BCUT2D eigenvalue weighted by molar-refractivity contribution is 6.15. The Morgan fingerprint density at radius 3 is 2.48 bits per heavy atom. The summed E-state index contributed by atoms with van der Waals surface area (Å²) in [7, 11) is 0. The predicted molar refractivity (Wildman–Crippen MR) is 84.8 cm³/mol. The molecule has 4 rings (SSSR count). The Kier molecular flexibility index (Phi) is 2.72. The Bertz CT molecular complexity index is 815. The molecule has 2 heterocycles. The lowest BCUT2D eigenvalue weighted by Gasteiger charge is -2.11. The summed E-state index contributed by atoms with van der Waals surface area (Å²) < 4.78 is 2.12. The van der Waals surface area contributed by atoms with Crippen molar-refractivity contribution in [1.29, 1.82) is 0 Å². The van der Waals surface area contributed by atoms with Crippen LogP contribution in [0.3, 0.4) is 0 Å². The van der Waals surface area contributed by atoms with E-state index in [1.54, 1.807) is 0 Å². The van der Waals surface area contributed by atoms with E-state index in [-0.39, 0.29) is 6.17 Å². The molecule has 0 fully saturated rings. The largest absolute Gasteiger partial charge is 0.317 e. The normalized spacial score (nSPS) is 16.6. The van der Waals surface area contributed by atoms with Gasteiger partial charge in [-0.2, -0.15) is 0 Å². The molecule has 0 amide bonds. The Morgan fingerprint density at radius 1 is 0.857 bits per heavy atom. The van der Waals surface area contributed by atoms with E-state index < -0.39 is 0 Å². The van der Waals surface area contributed by atoms with Crippen molar-refractivity contribution in [2.75, 3.05) is 0 Å². The molecule has 1 aromatic heterocycles. The molecule has 2 aromatic carbocycles. The molecule has 2 N–H and O–H groups in total. The van der Waals surface area contributed by atoms with Gasteiger partial charge in [0.2, 0.25) is 0 Å². The van der Waals surface area contributed by atoms with Crippen LogP contribution in [0.5, 0.6) is 0 Å². The lowest BCUT2D eigenvalue weighted by atomic mass is 10.0. The van der Waals surface area contributed by atoms with Gasteiger partial charge in [-0.05, 0) is 18.2 Å². The van der Waals surface area contributed by atoms with E-state index in [2.05, 4.69) is 28.8 Å². The van der Waals surface area contributed by atoms with Crippen molar-refractivity contribution in [2.24, 2.45) is 10.7 Å². The molecule has 0 saturated carbocycles. The van der Waals surface area contributed by atoms with Gasteiger partial charge < -0.3 is 10.3 Å². The molecule has 3 aromatic rings. The summed E-state index contributed by atoms with van der Waals surface area (Å²) in [5.74, 6) is 0. The lowest BCUT2D eigenvalue weighted by Crippen LogP contribution is -2.11. The molecule has 0 aliphatic carbocycles. The zero-order valence-electron chi connectivity index (χ0n) is 11.5. The van der Waals surface area contributed by atoms with Crippen molar-refractivity contribution in [3.05, 3.63) is 89.7 Å². The highest BCUT2D eigenvalue weighted by Crippen LogP contribution is 2.28. The maximum atomic E-state index is 6.29. The van der Waals surface area contributed by atoms with Crippen LogP contribution < -0.4 is 5.73 Å². The molecule has 3 nitrogen and oxygen atoms in total. The molecule has 21 heavy (non-hydrogen) atoms. The van der Waals surface area contributed by atoms with Gasteiger partial charge in [0.15, 0.2) is 0 Å². The molecule has 1 aliphatic heterocycles. The third kappa shape index (κ3) is 1.90. The summed E-state index contributed by atoms with van der Waals surface area (Å²) in [5.41, 5.74) is 11.6. The van der Waals surface area contributed by atoms with Gasteiger partial charge in [-0.15, -0.1) is 0 Å². The maximum Gasteiger partial charge on any atom is 0.139 e. The van der Waals surface area contributed by atoms with E-state index in [9.17, 15) is 0 Å². The van der Waals surface area contributed by atoms with Crippen LogP contribution >= 0.6 is 0 Å². The topological polar surface area (TPSA) is 43.3 Å². The Morgan fingerprint density at radius 2 is 1.62 bits per heavy atom. The van der Waals surface area contributed by atoms with Gasteiger partial charge in [-0.25, -0.2) is 0 Å². The fraction of sp³-hybridized carbons (Fsp3) is 0.0556. The smallest absolute Gasteiger partial charge is 0.139 e. The van der Waals surface area contributed by atoms with Crippen LogP contribution in [0.1, 0.15) is 23.0 Å². The van der Waals surface area contributed by atoms with E-state index in [0.717, 1.165) is 28.2 Å². The van der Waals surface area contributed by atoms with Crippen LogP contribution in [0, 0.1) is 0 Å². The van der Waals surface area contributed by atoms with E-state index in [1.165, 1.54) is 0 Å². The van der Waals surface area contributed by atoms with Gasteiger partial charge in [0.05, 0.1) is 17.1 Å². The summed E-state index contributed by atoms with van der Waals surface area (Å²) in [5, 5.41) is 0. The summed E-state index contributed by atoms with van der Waals surface area (Å²) in [6.45, 7) is 0. The average Bonchev–Trinajstić information content (AvgIpc) is 2.99. The second kappa shape index (κ2) is 4.72. The summed E-state index contributed by atoms with van der Waals surface area (Å²) in [4.78, 5) is 4.77. The Labute approximate surface area is 123 Å². The molecule has 0 radical (unpaired) electrons. The fourth-order valence-electron chi connectivity index (χ4n) is 2.84. The Hall–Kier alpha value is -2.65. The van der Waals surface area contributed by atoms with E-state index in [4.69, 9.17) is 10.7 Å². The van der Waals surface area contributed by atoms with Crippen molar-refractivity contribution in [3.63, 3.8) is 0 Å². The zero-order chi connectivity index (χ0) is 14.2. The second-order valence-electron chi connectivity index (χ2n) is 5.11. The van der Waals surface area contributed by atoms with Gasteiger partial charge in [-0.3, -0.25) is 4.99 Å². The SMILES string of the molecule is NC1N=C(c2ccccc2)c2ccccc2-n2cccc21. The highest BCUT2D eigenvalue weighted by atomic mass is 15.1. The minimum absolute atomic E-state index is 0.359. The molecule has 1 aliphatic rings. The number of hydrogen-bond acceptors (Lipinski definition) is 2. The van der Waals surface area contributed by atoms with Gasteiger partial charge in [0, 0.05) is 17.3 Å². The molecule has 0 spiro atoms. The number of para-hydroxylation sites is 1. The third-order valence-electron chi connectivity index (χ3n) is 3.82. The molecule has 1 unspecified atom stereocenters. The van der Waals surface area contributed by atoms with Gasteiger partial charge >= 0.3 is 0 Å². The van der Waals surface area contributed by atoms with Crippen molar-refractivity contribution >= 4 is 5.71 Å². The second-order valence-corrected chi connectivity index (χ2v) is 5.11. The third-order valence-corrected chi connectivity index (χ3v) is 3.82. The minimum atomic E-state index is -0.359. The summed E-state index contributed by atoms with van der Waals surface area (Å²) in [6, 6.07) is 22.5. The van der Waals surface area contributed by atoms with Crippen LogP contribution in [-0.2, 0) is 0 Å². The quantitative estimate of drug-likeness (QED) is 0.726.